The number of amides is 3. The fourth-order valence-electron chi connectivity index (χ4n) is 5.58. The van der Waals surface area contributed by atoms with E-state index >= 15 is 0 Å². The molecule has 13 N–H and O–H groups in total. The van der Waals surface area contributed by atoms with Gasteiger partial charge >= 0.3 is 6.03 Å². The summed E-state index contributed by atoms with van der Waals surface area (Å²) in [5, 5.41) is 55.0. The minimum Gasteiger partial charge on any atom is -0.510 e. The number of primary amides is 3. The summed E-state index contributed by atoms with van der Waals surface area (Å²) in [7, 11) is 2.98. The maximum Gasteiger partial charge on any atom is 0.309 e. The minimum atomic E-state index is -2.89. The number of carbonyl (C=O) groups is 4. The predicted molar refractivity (Wildman–Crippen MR) is 127 cm³/mol. The number of carbonyl (C=O) groups excluding carboxylic acids is 4. The molecular formula is C23H30N4O10. The first-order chi connectivity index (χ1) is 16.6. The summed E-state index contributed by atoms with van der Waals surface area (Å²) in [4.78, 5) is 48.8. The quantitative estimate of drug-likeness (QED) is 0.195. The number of nitrogens with two attached hydrogens (primary N) is 3. The van der Waals surface area contributed by atoms with Gasteiger partial charge in [0.05, 0.1) is 23.6 Å². The molecule has 0 saturated heterocycles. The minimum absolute atomic E-state index is 0. The van der Waals surface area contributed by atoms with E-state index in [0.717, 1.165) is 0 Å². The highest BCUT2D eigenvalue weighted by Crippen LogP contribution is 2.55. The molecule has 4 rings (SSSR count). The molecule has 14 heteroatoms. The summed E-state index contributed by atoms with van der Waals surface area (Å²) in [6, 6.07) is 2.33. The van der Waals surface area contributed by atoms with Crippen LogP contribution in [0.4, 0.5) is 4.79 Å². The van der Waals surface area contributed by atoms with Crippen molar-refractivity contribution in [2.75, 3.05) is 14.1 Å². The zero-order valence-electron chi connectivity index (χ0n) is 20.2. The smallest absolute Gasteiger partial charge is 0.309 e. The van der Waals surface area contributed by atoms with Crippen molar-refractivity contribution in [3.05, 3.63) is 52.0 Å². The second-order valence-electron chi connectivity index (χ2n) is 9.19. The monoisotopic (exact) mass is 522 g/mol. The number of hydrogen-bond donors (Lipinski definition) is 8. The van der Waals surface area contributed by atoms with Crippen molar-refractivity contribution < 1.29 is 50.2 Å². The molecule has 0 spiro atoms. The first-order valence-electron chi connectivity index (χ1n) is 10.8. The largest absolute Gasteiger partial charge is 0.510 e. The van der Waals surface area contributed by atoms with E-state index in [-0.39, 0.29) is 16.8 Å². The van der Waals surface area contributed by atoms with Gasteiger partial charge in [0.25, 0.3) is 5.91 Å². The van der Waals surface area contributed by atoms with Gasteiger partial charge in [0.2, 0.25) is 5.78 Å². The number of rotatable bonds is 2. The normalized spacial score (nSPS) is 30.4. The summed E-state index contributed by atoms with van der Waals surface area (Å²) in [6.07, 6.45) is -1.59. The number of urea groups is 1. The van der Waals surface area contributed by atoms with Gasteiger partial charge in [-0.15, -0.1) is 0 Å². The number of Topliss-reactive ketones (excluding diaryl/α,β-unsaturated/α-hetero) is 2. The molecule has 1 aromatic rings. The molecule has 0 saturated carbocycles. The third kappa shape index (κ3) is 4.09. The Labute approximate surface area is 210 Å². The van der Waals surface area contributed by atoms with Gasteiger partial charge in [-0.25, -0.2) is 4.79 Å². The Morgan fingerprint density at radius 3 is 2.08 bits per heavy atom. The van der Waals surface area contributed by atoms with Crippen LogP contribution >= 0.6 is 0 Å². The van der Waals surface area contributed by atoms with Crippen molar-refractivity contribution in [2.45, 2.75) is 30.6 Å². The van der Waals surface area contributed by atoms with Gasteiger partial charge in [-0.1, -0.05) is 19.1 Å². The number of nitrogens with zero attached hydrogens (tertiary/aromatic N) is 1. The van der Waals surface area contributed by atoms with E-state index in [9.17, 15) is 39.9 Å². The number of ketones is 2. The molecule has 0 aromatic heterocycles. The van der Waals surface area contributed by atoms with Crippen molar-refractivity contribution >= 4 is 23.5 Å². The molecule has 6 atom stereocenters. The van der Waals surface area contributed by atoms with Crippen LogP contribution in [0.15, 0.2) is 40.9 Å². The second-order valence-corrected chi connectivity index (χ2v) is 9.19. The van der Waals surface area contributed by atoms with Crippen LogP contribution in [0.25, 0.3) is 0 Å². The van der Waals surface area contributed by atoms with Crippen LogP contribution in [0.3, 0.4) is 0 Å². The van der Waals surface area contributed by atoms with Crippen LogP contribution in [0, 0.1) is 11.8 Å². The van der Waals surface area contributed by atoms with E-state index in [0.29, 0.717) is 5.56 Å². The Kier molecular flexibility index (Phi) is 7.76. The Balaban J connectivity index is 0.000000898. The molecule has 202 valence electrons. The highest BCUT2D eigenvalue weighted by Gasteiger charge is 2.67. The second kappa shape index (κ2) is 9.82. The third-order valence-electron chi connectivity index (χ3n) is 7.00. The summed E-state index contributed by atoms with van der Waals surface area (Å²) in [6.45, 7) is 1.68. The Hall–Kier alpha value is -3.98. The highest BCUT2D eigenvalue weighted by molar-refractivity contribution is 6.25. The van der Waals surface area contributed by atoms with Crippen LogP contribution in [0.5, 0.6) is 5.75 Å². The fourth-order valence-corrected chi connectivity index (χ4v) is 5.58. The van der Waals surface area contributed by atoms with Gasteiger partial charge in [0.15, 0.2) is 11.4 Å². The molecule has 0 heterocycles. The van der Waals surface area contributed by atoms with Crippen molar-refractivity contribution in [1.82, 2.24) is 4.90 Å². The van der Waals surface area contributed by atoms with Crippen LogP contribution in [-0.4, -0.2) is 91.3 Å². The van der Waals surface area contributed by atoms with Crippen molar-refractivity contribution in [2.24, 2.45) is 29.0 Å². The molecule has 0 aliphatic heterocycles. The number of phenolic OH excluding ortho intramolecular Hbond substituents is 1. The van der Waals surface area contributed by atoms with E-state index in [1.165, 1.54) is 25.1 Å². The molecular weight excluding hydrogens is 492 g/mol. The van der Waals surface area contributed by atoms with Gasteiger partial charge in [-0.2, -0.15) is 0 Å². The third-order valence-corrected chi connectivity index (χ3v) is 7.00. The number of aliphatic hydroxyl groups excluding tert-OH is 3. The van der Waals surface area contributed by atoms with Crippen molar-refractivity contribution in [3.8, 4) is 5.75 Å². The van der Waals surface area contributed by atoms with Crippen molar-refractivity contribution in [1.29, 1.82) is 0 Å². The van der Waals surface area contributed by atoms with Gasteiger partial charge in [0, 0.05) is 11.5 Å². The first-order valence-corrected chi connectivity index (χ1v) is 10.8. The van der Waals surface area contributed by atoms with Crippen LogP contribution in [-0.2, 0) is 9.59 Å². The molecule has 14 nitrogen and oxygen atoms in total. The zero-order chi connectivity index (χ0) is 27.4. The average Bonchev–Trinajstić information content (AvgIpc) is 2.75. The van der Waals surface area contributed by atoms with Crippen LogP contribution in [0.1, 0.15) is 28.8 Å². The predicted octanol–water partition coefficient (Wildman–Crippen LogP) is -2.15. The maximum atomic E-state index is 13.3. The number of fused-ring (bicyclic) bond motifs is 3. The summed E-state index contributed by atoms with van der Waals surface area (Å²) >= 11 is 0. The molecule has 0 fully saturated rings. The van der Waals surface area contributed by atoms with Gasteiger partial charge in [0.1, 0.15) is 22.8 Å². The highest BCUT2D eigenvalue weighted by atomic mass is 16.4. The zero-order valence-corrected chi connectivity index (χ0v) is 20.2. The first kappa shape index (κ1) is 29.3. The van der Waals surface area contributed by atoms with E-state index in [1.807, 2.05) is 0 Å². The fraction of sp³-hybridized carbons (Fsp3) is 0.391. The number of aliphatic hydroxyl groups is 4. The SMILES string of the molecule is C[C@H]1c2cccc(O)c2C(=O)C2=C(O)[C@]3(O)C(=O)C(C(N)=O)=C(O)[C@@H](N(C)C)[C@@H]3[C@@H](O)[C@@H]21.NC(N)=O.O. The lowest BCUT2D eigenvalue weighted by atomic mass is 9.55. The number of likely N-dealkylation sites (N-methyl/N-ethyl adjacent to an activating group) is 1. The van der Waals surface area contributed by atoms with Gasteiger partial charge in [-0.3, -0.25) is 19.3 Å². The lowest BCUT2D eigenvalue weighted by Crippen LogP contribution is -2.68. The Morgan fingerprint density at radius 1 is 1.05 bits per heavy atom. The molecule has 3 aliphatic carbocycles. The summed E-state index contributed by atoms with van der Waals surface area (Å²) < 4.78 is 0. The lowest BCUT2D eigenvalue weighted by molar-refractivity contribution is -0.162. The van der Waals surface area contributed by atoms with Crippen LogP contribution in [0.2, 0.25) is 0 Å². The van der Waals surface area contributed by atoms with Gasteiger partial charge < -0.3 is 48.2 Å². The van der Waals surface area contributed by atoms with E-state index in [1.54, 1.807) is 19.1 Å². The molecule has 3 amide bonds. The van der Waals surface area contributed by atoms with E-state index in [2.05, 4.69) is 11.5 Å². The molecule has 0 unspecified atom stereocenters. The summed E-state index contributed by atoms with van der Waals surface area (Å²) in [5.41, 5.74) is 9.86. The molecule has 0 bridgehead atoms. The topological polar surface area (TPSA) is 282 Å². The lowest BCUT2D eigenvalue weighted by Gasteiger charge is -2.53. The number of hydrogen-bond acceptors (Lipinski definition) is 10. The standard InChI is InChI=1S/C22H24N2O8.CH4N2O.H2O/c1-7-8-5-4-6-9(25)11(8)16(26)12-10(7)17(27)14-15(24(2)3)18(28)13(21(23)31)20(30)22(14,32)19(12)29;2-1(3)4;/h4-7,10,14-15,17,25,27-29,32H,1-3H3,(H2,23,31);(H4,2,3,4);1H2/t7-,10+,14+,15-,17-,22-;;/m0../s1. The molecule has 0 radical (unpaired) electrons. The van der Waals surface area contributed by atoms with Crippen LogP contribution < -0.4 is 17.2 Å². The number of aromatic hydroxyl groups is 1. The summed E-state index contributed by atoms with van der Waals surface area (Å²) in [5.74, 6) is -8.86. The maximum absolute atomic E-state index is 13.3. The number of benzene rings is 1. The van der Waals surface area contributed by atoms with Crippen molar-refractivity contribution in [3.63, 3.8) is 0 Å². The Bertz CT molecular complexity index is 1240. The average molecular weight is 523 g/mol. The molecule has 1 aromatic carbocycles. The molecule has 3 aliphatic rings. The number of phenols is 1. The van der Waals surface area contributed by atoms with Gasteiger partial charge in [-0.05, 0) is 31.6 Å². The Morgan fingerprint density at radius 2 is 1.59 bits per heavy atom. The molecule has 37 heavy (non-hydrogen) atoms. The van der Waals surface area contributed by atoms with E-state index < -0.39 is 81.7 Å². The van der Waals surface area contributed by atoms with E-state index in [4.69, 9.17) is 10.5 Å².